The normalized spacial score (nSPS) is 13.8. The van der Waals surface area contributed by atoms with Crippen LogP contribution in [0.4, 0.5) is 17.1 Å². The largest absolute Gasteiger partial charge is 0.319 e. The Morgan fingerprint density at radius 2 is 1.34 bits per heavy atom. The van der Waals surface area contributed by atoms with Crippen molar-refractivity contribution in [3.05, 3.63) is 198 Å². The maximum absolute atomic E-state index is 8.13. The molecule has 6 heteroatoms. The molecule has 2 aromatic heterocycles. The fourth-order valence-corrected chi connectivity index (χ4v) is 7.32. The molecule has 1 aliphatic heterocycles. The van der Waals surface area contributed by atoms with E-state index >= 15 is 0 Å². The van der Waals surface area contributed by atoms with Crippen LogP contribution in [0.15, 0.2) is 158 Å². The van der Waals surface area contributed by atoms with Gasteiger partial charge in [-0.2, -0.15) is 35.3 Å². The van der Waals surface area contributed by atoms with E-state index in [9.17, 15) is 0 Å². The van der Waals surface area contributed by atoms with Crippen LogP contribution in [0.2, 0.25) is 0 Å². The number of anilines is 3. The Kier molecular flexibility index (Phi) is 7.24. The van der Waals surface area contributed by atoms with E-state index in [4.69, 9.17) is 14.0 Å². The molecule has 1 aliphatic rings. The van der Waals surface area contributed by atoms with Crippen molar-refractivity contribution in [3.8, 4) is 5.82 Å². The van der Waals surface area contributed by atoms with E-state index < -0.39 is 12.3 Å². The van der Waals surface area contributed by atoms with Crippen LogP contribution < -0.4 is 10.1 Å². The van der Waals surface area contributed by atoms with E-state index in [-0.39, 0.29) is 26.6 Å². The average molecular weight is 832 g/mol. The molecule has 5 nitrogen and oxygen atoms in total. The third-order valence-corrected chi connectivity index (χ3v) is 9.47. The predicted octanol–water partition coefficient (Wildman–Crippen LogP) is 9.90. The zero-order valence-electron chi connectivity index (χ0n) is 30.1. The molecule has 0 amide bonds. The fourth-order valence-electron chi connectivity index (χ4n) is 7.32. The zero-order chi connectivity index (χ0) is 35.5. The van der Waals surface area contributed by atoms with Gasteiger partial charge in [0.25, 0.3) is 0 Å². The first-order valence-electron chi connectivity index (χ1n) is 17.8. The van der Waals surface area contributed by atoms with Crippen LogP contribution in [0.3, 0.4) is 0 Å². The van der Waals surface area contributed by atoms with E-state index in [1.54, 1.807) is 18.3 Å². The van der Waals surface area contributed by atoms with Gasteiger partial charge in [-0.05, 0) is 59.3 Å². The minimum absolute atomic E-state index is 0. The number of hydrogen-bond donors (Lipinski definition) is 0. The van der Waals surface area contributed by atoms with Crippen molar-refractivity contribution in [2.45, 2.75) is 12.3 Å². The van der Waals surface area contributed by atoms with E-state index in [1.165, 1.54) is 0 Å². The summed E-state index contributed by atoms with van der Waals surface area (Å²) in [5, 5.41) is 5.84. The smallest absolute Gasteiger partial charge is 0.145 e. The number of para-hydroxylation sites is 3. The van der Waals surface area contributed by atoms with Crippen molar-refractivity contribution in [2.75, 3.05) is 17.2 Å². The Hall–Kier alpha value is -5.48. The topological polar surface area (TPSA) is 37.1 Å². The van der Waals surface area contributed by atoms with Gasteiger partial charge in [-0.15, -0.1) is 38.8 Å². The summed E-state index contributed by atoms with van der Waals surface area (Å²) in [5.74, 6) is 0.519. The first-order chi connectivity index (χ1) is 25.3. The molecule has 1 N–H and O–H groups in total. The molecule has 0 atom stereocenters. The number of rotatable bonds is 6. The fraction of sp³-hybridized carbons (Fsp3) is 0.0682. The van der Waals surface area contributed by atoms with Crippen molar-refractivity contribution in [1.82, 2.24) is 9.55 Å². The van der Waals surface area contributed by atoms with Crippen LogP contribution in [0.5, 0.6) is 0 Å². The van der Waals surface area contributed by atoms with Crippen LogP contribution >= 0.6 is 0 Å². The van der Waals surface area contributed by atoms with E-state index in [0.29, 0.717) is 5.82 Å². The molecule has 0 aliphatic carbocycles. The van der Waals surface area contributed by atoms with E-state index in [2.05, 4.69) is 103 Å². The molecule has 0 saturated carbocycles. The molecule has 9 rings (SSSR count). The molecule has 6 aromatic carbocycles. The van der Waals surface area contributed by atoms with Gasteiger partial charge in [0.1, 0.15) is 17.2 Å². The molecular weight excluding hydrogens is 796 g/mol. The van der Waals surface area contributed by atoms with Gasteiger partial charge in [0, 0.05) is 48.0 Å². The summed E-state index contributed by atoms with van der Waals surface area (Å²) < 4.78 is 26.4. The average Bonchev–Trinajstić information content (AvgIpc) is 3.70. The Bertz CT molecular complexity index is 2550. The van der Waals surface area contributed by atoms with Crippen molar-refractivity contribution >= 4 is 38.9 Å². The summed E-state index contributed by atoms with van der Waals surface area (Å²) in [7, 11) is 1.95. The first-order valence-corrected chi connectivity index (χ1v) is 16.3. The Labute approximate surface area is 310 Å². The number of benzene rings is 6. The molecule has 0 spiro atoms. The Morgan fingerprint density at radius 1 is 0.660 bits per heavy atom. The number of aryl methyl sites for hydroxylation is 1. The molecule has 3 heterocycles. The van der Waals surface area contributed by atoms with Gasteiger partial charge in [0.05, 0.1) is 7.05 Å². The molecule has 246 valence electrons. The number of nitrogens with zero attached hydrogens (tertiary/aromatic N) is 4. The summed E-state index contributed by atoms with van der Waals surface area (Å²) >= 11 is 0. The van der Waals surface area contributed by atoms with Crippen LogP contribution in [-0.4, -0.2) is 21.5 Å². The molecule has 0 bridgehead atoms. The van der Waals surface area contributed by atoms with Gasteiger partial charge in [-0.25, -0.2) is 4.98 Å². The monoisotopic (exact) mass is 831 g/mol. The molecule has 0 saturated heterocycles. The van der Waals surface area contributed by atoms with Gasteiger partial charge in [0.15, 0.2) is 0 Å². The Balaban J connectivity index is 0.00000400. The Morgan fingerprint density at radius 3 is 2.10 bits per heavy atom. The minimum atomic E-state index is -2.28. The van der Waals surface area contributed by atoms with Crippen LogP contribution in [0.1, 0.15) is 31.9 Å². The second kappa shape index (κ2) is 12.8. The minimum Gasteiger partial charge on any atom is -0.319 e. The van der Waals surface area contributed by atoms with Gasteiger partial charge in [0.2, 0.25) is 0 Å². The molecule has 50 heavy (non-hydrogen) atoms. The van der Waals surface area contributed by atoms with Crippen molar-refractivity contribution < 1.29 is 30.1 Å². The third-order valence-electron chi connectivity index (χ3n) is 9.47. The number of aromatic nitrogens is 2. The number of hydroxylamine groups is 1. The second-order valence-corrected chi connectivity index (χ2v) is 12.2. The number of hydrogen-bond acceptors (Lipinski definition) is 3. The zero-order valence-corrected chi connectivity index (χ0v) is 29.3. The molecule has 0 radical (unpaired) electrons. The summed E-state index contributed by atoms with van der Waals surface area (Å²) in [6.07, 6.45) is 1.57. The van der Waals surface area contributed by atoms with E-state index in [1.807, 2.05) is 70.3 Å². The third kappa shape index (κ3) is 4.96. The summed E-state index contributed by atoms with van der Waals surface area (Å²) in [6, 6.07) is 58.8. The number of pyridine rings is 1. The second-order valence-electron chi connectivity index (χ2n) is 12.2. The molecular formula is C44H33N4OPt-. The summed E-state index contributed by atoms with van der Waals surface area (Å²) in [6.45, 7) is -2.28. The van der Waals surface area contributed by atoms with Crippen LogP contribution in [0.25, 0.3) is 27.6 Å². The van der Waals surface area contributed by atoms with Gasteiger partial charge in [-0.1, -0.05) is 96.5 Å². The van der Waals surface area contributed by atoms with Crippen molar-refractivity contribution in [1.29, 1.82) is 0 Å². The molecule has 0 unspecified atom stereocenters. The molecule has 0 fully saturated rings. The van der Waals surface area contributed by atoms with Crippen LogP contribution in [-0.2, 0) is 26.5 Å². The van der Waals surface area contributed by atoms with Crippen LogP contribution in [0, 0.1) is 19.0 Å². The SMILES string of the molecule is [2H]C([2H])([2H])c1ccnc(-n2c3[c-]c(C(c4[c-]c(N5[OH+]N(C)c6ccccc65)ccc4)(c4ccccc4)c4ccccc4)ccc3c3ccccc32)c1.[Pt]. The van der Waals surface area contributed by atoms with Gasteiger partial charge < -0.3 is 4.57 Å². The first kappa shape index (κ1) is 28.4. The summed E-state index contributed by atoms with van der Waals surface area (Å²) in [5.41, 5.74) is 7.80. The van der Waals surface area contributed by atoms with Gasteiger partial charge in [-0.3, -0.25) is 0 Å². The number of fused-ring (bicyclic) bond motifs is 4. The van der Waals surface area contributed by atoms with Crippen molar-refractivity contribution in [2.24, 2.45) is 0 Å². The quantitative estimate of drug-likeness (QED) is 0.0952. The molecule has 8 aromatic rings. The van der Waals surface area contributed by atoms with Gasteiger partial charge >= 0.3 is 0 Å². The maximum atomic E-state index is 8.13. The summed E-state index contributed by atoms with van der Waals surface area (Å²) in [4.78, 5) is 9.59. The van der Waals surface area contributed by atoms with Crippen molar-refractivity contribution in [3.63, 3.8) is 0 Å². The maximum Gasteiger partial charge on any atom is 0.145 e. The standard InChI is InChI=1S/C44H32N4O.Pt/c1-31-26-27-45-43(28-31)47-39-21-10-9-20-37(39)38-25-24-35(30-42(38)47)44(32-14-5-3-6-15-32,33-16-7-4-8-17-33)34-18-13-19-36(29-34)48-41-23-12-11-22-40(41)46(2)49-48;/h3-28H,1-2H3;/q-2;/p+1/i1D3;. The van der Waals surface area contributed by atoms with E-state index in [0.717, 1.165) is 61.1 Å². The predicted molar refractivity (Wildman–Crippen MR) is 198 cm³/mol.